The second-order valence-corrected chi connectivity index (χ2v) is 6.61. The van der Waals surface area contributed by atoms with E-state index in [4.69, 9.17) is 14.3 Å². The number of aromatic nitrogens is 4. The number of benzene rings is 2. The molecule has 0 aliphatic rings. The highest BCUT2D eigenvalue weighted by Crippen LogP contribution is 2.28. The molecule has 2 aromatic carbocycles. The maximum atomic E-state index is 12.4. The molecule has 0 radical (unpaired) electrons. The van der Waals surface area contributed by atoms with Gasteiger partial charge >= 0.3 is 5.69 Å². The van der Waals surface area contributed by atoms with Crippen molar-refractivity contribution in [3.8, 4) is 17.2 Å². The van der Waals surface area contributed by atoms with Gasteiger partial charge in [0.1, 0.15) is 25.2 Å². The fraction of sp³-hybridized carbons (Fsp3) is 0.333. The highest BCUT2D eigenvalue weighted by atomic mass is 16.6. The Morgan fingerprint density at radius 1 is 1.13 bits per heavy atom. The Kier molecular flexibility index (Phi) is 6.51. The Morgan fingerprint density at radius 2 is 1.93 bits per heavy atom. The van der Waals surface area contributed by atoms with E-state index in [2.05, 4.69) is 15.6 Å². The van der Waals surface area contributed by atoms with Crippen LogP contribution in [0.15, 0.2) is 46.3 Å². The van der Waals surface area contributed by atoms with Gasteiger partial charge in [0.25, 0.3) is 0 Å². The minimum atomic E-state index is -0.349. The summed E-state index contributed by atoms with van der Waals surface area (Å²) in [6, 6.07) is 11.2. The first kappa shape index (κ1) is 21.1. The fourth-order valence-electron chi connectivity index (χ4n) is 3.03. The molecule has 30 heavy (non-hydrogen) atoms. The van der Waals surface area contributed by atoms with Crippen molar-refractivity contribution < 1.29 is 14.3 Å². The number of aryl methyl sites for hydroxylation is 2. The lowest BCUT2D eigenvalue weighted by Crippen LogP contribution is -2.23. The molecule has 0 N–H and O–H groups in total. The summed E-state index contributed by atoms with van der Waals surface area (Å²) in [6.07, 6.45) is 0. The number of ether oxygens (including phenoxy) is 2. The smallest absolute Gasteiger partial charge is 0.368 e. The lowest BCUT2D eigenvalue weighted by molar-refractivity contribution is 0.213. The average Bonchev–Trinajstić information content (AvgIpc) is 3.06. The molecule has 0 unspecified atom stereocenters. The molecule has 0 saturated carbocycles. The third kappa shape index (κ3) is 4.35. The summed E-state index contributed by atoms with van der Waals surface area (Å²) in [5, 5.41) is 11.7. The van der Waals surface area contributed by atoms with Crippen molar-refractivity contribution in [2.24, 2.45) is 12.2 Å². The van der Waals surface area contributed by atoms with Gasteiger partial charge in [-0.3, -0.25) is 0 Å². The second kappa shape index (κ2) is 9.25. The van der Waals surface area contributed by atoms with Gasteiger partial charge < -0.3 is 14.3 Å². The molecule has 0 bridgehead atoms. The van der Waals surface area contributed by atoms with Crippen molar-refractivity contribution in [1.82, 2.24) is 19.8 Å². The normalized spacial score (nSPS) is 11.4. The first-order valence-electron chi connectivity index (χ1n) is 9.51. The molecule has 1 aromatic heterocycles. The van der Waals surface area contributed by atoms with Gasteiger partial charge in [0.15, 0.2) is 0 Å². The largest absolute Gasteiger partial charge is 0.493 e. The van der Waals surface area contributed by atoms with Crippen LogP contribution in [0.5, 0.6) is 11.5 Å². The Hall–Kier alpha value is -3.62. The van der Waals surface area contributed by atoms with Crippen LogP contribution in [0.25, 0.3) is 5.69 Å². The summed E-state index contributed by atoms with van der Waals surface area (Å²) < 4.78 is 14.3. The molecule has 9 nitrogen and oxygen atoms in total. The number of oxime groups is 1. The van der Waals surface area contributed by atoms with E-state index in [0.29, 0.717) is 29.4 Å². The van der Waals surface area contributed by atoms with Crippen molar-refractivity contribution >= 4 is 5.71 Å². The third-order valence-corrected chi connectivity index (χ3v) is 4.55. The highest BCUT2D eigenvalue weighted by molar-refractivity contribution is 5.98. The van der Waals surface area contributed by atoms with E-state index in [1.54, 1.807) is 13.1 Å². The van der Waals surface area contributed by atoms with E-state index in [9.17, 15) is 4.79 Å². The Labute approximate surface area is 174 Å². The van der Waals surface area contributed by atoms with Crippen LogP contribution in [-0.4, -0.2) is 39.2 Å². The molecule has 0 aliphatic carbocycles. The zero-order chi connectivity index (χ0) is 21.7. The number of nitrogens with zero attached hydrogens (tertiary/aromatic N) is 5. The van der Waals surface area contributed by atoms with E-state index < -0.39 is 0 Å². The maximum absolute atomic E-state index is 12.4. The zero-order valence-electron chi connectivity index (χ0n) is 17.7. The summed E-state index contributed by atoms with van der Waals surface area (Å²) in [6.45, 7) is 6.42. The predicted molar refractivity (Wildman–Crippen MR) is 113 cm³/mol. The first-order valence-corrected chi connectivity index (χ1v) is 9.51. The Balaban J connectivity index is 1.94. The van der Waals surface area contributed by atoms with Crippen LogP contribution in [0, 0.1) is 6.92 Å². The van der Waals surface area contributed by atoms with Crippen molar-refractivity contribution in [3.63, 3.8) is 0 Å². The molecule has 9 heteroatoms. The van der Waals surface area contributed by atoms with Gasteiger partial charge in [-0.1, -0.05) is 11.2 Å². The van der Waals surface area contributed by atoms with Gasteiger partial charge in [-0.15, -0.1) is 0 Å². The van der Waals surface area contributed by atoms with E-state index in [1.165, 1.54) is 16.5 Å². The van der Waals surface area contributed by atoms with Crippen molar-refractivity contribution in [1.29, 1.82) is 0 Å². The van der Waals surface area contributed by atoms with Crippen molar-refractivity contribution in [3.05, 3.63) is 63.6 Å². The summed E-state index contributed by atoms with van der Waals surface area (Å²) >= 11 is 0. The molecule has 0 fully saturated rings. The molecule has 3 rings (SSSR count). The summed E-state index contributed by atoms with van der Waals surface area (Å²) in [4.78, 5) is 17.2. The monoisotopic (exact) mass is 411 g/mol. The summed E-state index contributed by atoms with van der Waals surface area (Å²) in [5.74, 6) is 1.35. The van der Waals surface area contributed by atoms with Gasteiger partial charge in [-0.2, -0.15) is 9.36 Å². The fourth-order valence-corrected chi connectivity index (χ4v) is 3.03. The molecule has 158 valence electrons. The maximum Gasteiger partial charge on any atom is 0.368 e. The molecule has 0 amide bonds. The topological polar surface area (TPSA) is 92.8 Å². The van der Waals surface area contributed by atoms with Gasteiger partial charge in [0, 0.05) is 7.05 Å². The average molecular weight is 411 g/mol. The van der Waals surface area contributed by atoms with Crippen LogP contribution < -0.4 is 15.2 Å². The molecule has 0 atom stereocenters. The molecular weight excluding hydrogens is 386 g/mol. The van der Waals surface area contributed by atoms with Crippen molar-refractivity contribution in [2.75, 3.05) is 13.7 Å². The SMILES string of the molecule is CCOc1cccc(-n2nnn(C)c2=O)c1COc1ccc(/C(C)=N\OC)cc1C. The lowest BCUT2D eigenvalue weighted by atomic mass is 10.1. The number of rotatable bonds is 8. The summed E-state index contributed by atoms with van der Waals surface area (Å²) in [7, 11) is 3.07. The third-order valence-electron chi connectivity index (χ3n) is 4.55. The van der Waals surface area contributed by atoms with Crippen LogP contribution >= 0.6 is 0 Å². The van der Waals surface area contributed by atoms with Crippen LogP contribution in [0.4, 0.5) is 0 Å². The van der Waals surface area contributed by atoms with E-state index in [-0.39, 0.29) is 12.3 Å². The van der Waals surface area contributed by atoms with E-state index in [1.807, 2.05) is 51.1 Å². The van der Waals surface area contributed by atoms with Crippen LogP contribution in [0.2, 0.25) is 0 Å². The Morgan fingerprint density at radius 3 is 2.57 bits per heavy atom. The van der Waals surface area contributed by atoms with Crippen molar-refractivity contribution in [2.45, 2.75) is 27.4 Å². The van der Waals surface area contributed by atoms with E-state index in [0.717, 1.165) is 16.8 Å². The quantitative estimate of drug-likeness (QED) is 0.418. The van der Waals surface area contributed by atoms with Crippen LogP contribution in [-0.2, 0) is 18.5 Å². The Bertz CT molecular complexity index is 1120. The summed E-state index contributed by atoms with van der Waals surface area (Å²) in [5.41, 5.74) is 3.60. The van der Waals surface area contributed by atoms with Crippen LogP contribution in [0.3, 0.4) is 0 Å². The number of hydrogen-bond acceptors (Lipinski definition) is 7. The van der Waals surface area contributed by atoms with Crippen LogP contribution in [0.1, 0.15) is 30.5 Å². The van der Waals surface area contributed by atoms with E-state index >= 15 is 0 Å². The zero-order valence-corrected chi connectivity index (χ0v) is 17.7. The number of hydrogen-bond donors (Lipinski definition) is 0. The van der Waals surface area contributed by atoms with Gasteiger partial charge in [0.05, 0.1) is 23.6 Å². The molecule has 0 spiro atoms. The van der Waals surface area contributed by atoms with Gasteiger partial charge in [-0.25, -0.2) is 4.79 Å². The minimum absolute atomic E-state index is 0.194. The minimum Gasteiger partial charge on any atom is -0.493 e. The molecular formula is C21H25N5O4. The molecule has 3 aromatic rings. The standard InChI is InChI=1S/C21H25N5O4/c1-6-29-20-9-7-8-18(26-21(27)25(4)23-24-26)17(20)13-30-19-11-10-16(12-14(19)2)15(3)22-28-5/h7-12H,6,13H2,1-5H3/b22-15-. The van der Waals surface area contributed by atoms with Gasteiger partial charge in [-0.05, 0) is 72.7 Å². The predicted octanol–water partition coefficient (Wildman–Crippen LogP) is 2.62. The molecule has 1 heterocycles. The molecule has 0 saturated heterocycles. The number of tetrazole rings is 1. The lowest BCUT2D eigenvalue weighted by Gasteiger charge is -2.16. The van der Waals surface area contributed by atoms with Gasteiger partial charge in [0.2, 0.25) is 0 Å². The first-order chi connectivity index (χ1) is 14.5. The second-order valence-electron chi connectivity index (χ2n) is 6.61. The molecule has 0 aliphatic heterocycles. The highest BCUT2D eigenvalue weighted by Gasteiger charge is 2.16.